The molecule has 0 aliphatic carbocycles. The summed E-state index contributed by atoms with van der Waals surface area (Å²) in [5.41, 5.74) is 7.69. The number of halogens is 1. The summed E-state index contributed by atoms with van der Waals surface area (Å²) in [6.45, 7) is 3.66. The van der Waals surface area contributed by atoms with E-state index in [2.05, 4.69) is 11.3 Å². The van der Waals surface area contributed by atoms with Gasteiger partial charge < -0.3 is 10.5 Å². The van der Waals surface area contributed by atoms with Gasteiger partial charge in [0.15, 0.2) is 0 Å². The molecule has 4 heteroatoms. The van der Waals surface area contributed by atoms with Crippen molar-refractivity contribution in [1.29, 1.82) is 0 Å². The van der Waals surface area contributed by atoms with Crippen LogP contribution in [0, 0.1) is 0 Å². The molecule has 1 rings (SSSR count). The number of esters is 1. The standard InChI is InChI=1S/C12H15NO2.ClH/c1-3-9-4-6-10(7-5-9)8-11(13)12(14)15-2;/h3-7,11H,1,8,13H2,2H3;1H/t11-;/m1./s1. The molecule has 0 saturated heterocycles. The number of rotatable bonds is 4. The zero-order valence-corrected chi connectivity index (χ0v) is 10.00. The number of methoxy groups -OCH3 is 1. The van der Waals surface area contributed by atoms with E-state index >= 15 is 0 Å². The maximum Gasteiger partial charge on any atom is 0.322 e. The number of hydrogen-bond acceptors (Lipinski definition) is 3. The zero-order chi connectivity index (χ0) is 11.3. The predicted molar refractivity (Wildman–Crippen MR) is 67.5 cm³/mol. The van der Waals surface area contributed by atoms with Crippen LogP contribution < -0.4 is 5.73 Å². The van der Waals surface area contributed by atoms with Crippen molar-refractivity contribution in [2.45, 2.75) is 12.5 Å². The second kappa shape index (κ2) is 7.04. The lowest BCUT2D eigenvalue weighted by Gasteiger charge is -2.08. The first-order chi connectivity index (χ1) is 7.17. The van der Waals surface area contributed by atoms with E-state index in [-0.39, 0.29) is 18.4 Å². The Morgan fingerprint density at radius 3 is 2.50 bits per heavy atom. The molecule has 0 bridgehead atoms. The highest BCUT2D eigenvalue weighted by atomic mass is 35.5. The summed E-state index contributed by atoms with van der Waals surface area (Å²) in [5.74, 6) is -0.386. The number of carbonyl (C=O) groups is 1. The van der Waals surface area contributed by atoms with E-state index in [4.69, 9.17) is 5.73 Å². The third kappa shape index (κ3) is 4.04. The van der Waals surface area contributed by atoms with Gasteiger partial charge >= 0.3 is 5.97 Å². The molecule has 0 saturated carbocycles. The van der Waals surface area contributed by atoms with Crippen LogP contribution in [0.2, 0.25) is 0 Å². The summed E-state index contributed by atoms with van der Waals surface area (Å²) in [6.07, 6.45) is 2.26. The number of hydrogen-bond donors (Lipinski definition) is 1. The predicted octanol–water partition coefficient (Wildman–Crippen LogP) is 1.79. The molecule has 0 radical (unpaired) electrons. The van der Waals surface area contributed by atoms with Crippen molar-refractivity contribution in [3.05, 3.63) is 42.0 Å². The summed E-state index contributed by atoms with van der Waals surface area (Å²) in [4.78, 5) is 11.1. The van der Waals surface area contributed by atoms with E-state index in [0.717, 1.165) is 11.1 Å². The van der Waals surface area contributed by atoms with Gasteiger partial charge in [-0.2, -0.15) is 0 Å². The van der Waals surface area contributed by atoms with Gasteiger partial charge in [-0.15, -0.1) is 12.4 Å². The maximum absolute atomic E-state index is 11.1. The Morgan fingerprint density at radius 1 is 1.50 bits per heavy atom. The lowest BCUT2D eigenvalue weighted by molar-refractivity contribution is -0.142. The highest BCUT2D eigenvalue weighted by molar-refractivity contribution is 5.85. The van der Waals surface area contributed by atoms with E-state index in [1.807, 2.05) is 24.3 Å². The summed E-state index contributed by atoms with van der Waals surface area (Å²) in [6, 6.07) is 7.14. The highest BCUT2D eigenvalue weighted by Gasteiger charge is 2.13. The molecule has 3 nitrogen and oxygen atoms in total. The molecule has 0 aliphatic heterocycles. The van der Waals surface area contributed by atoms with E-state index in [0.29, 0.717) is 6.42 Å². The van der Waals surface area contributed by atoms with Crippen LogP contribution in [0.1, 0.15) is 11.1 Å². The second-order valence-electron chi connectivity index (χ2n) is 3.28. The van der Waals surface area contributed by atoms with Crippen LogP contribution in [-0.2, 0) is 16.0 Å². The maximum atomic E-state index is 11.1. The molecule has 0 fully saturated rings. The number of nitrogens with two attached hydrogens (primary N) is 1. The van der Waals surface area contributed by atoms with Gasteiger partial charge in [-0.3, -0.25) is 4.79 Å². The fourth-order valence-electron chi connectivity index (χ4n) is 1.28. The third-order valence-electron chi connectivity index (χ3n) is 2.17. The van der Waals surface area contributed by atoms with E-state index in [1.165, 1.54) is 7.11 Å². The van der Waals surface area contributed by atoms with Gasteiger partial charge in [0.25, 0.3) is 0 Å². The lowest BCUT2D eigenvalue weighted by Crippen LogP contribution is -2.33. The second-order valence-corrected chi connectivity index (χ2v) is 3.28. The fraction of sp³-hybridized carbons (Fsp3) is 0.250. The van der Waals surface area contributed by atoms with Crippen LogP contribution in [0.5, 0.6) is 0 Å². The summed E-state index contributed by atoms with van der Waals surface area (Å²) >= 11 is 0. The van der Waals surface area contributed by atoms with Gasteiger partial charge in [-0.05, 0) is 17.5 Å². The van der Waals surface area contributed by atoms with Crippen LogP contribution >= 0.6 is 12.4 Å². The Kier molecular flexibility index (Phi) is 6.46. The van der Waals surface area contributed by atoms with Gasteiger partial charge in [-0.1, -0.05) is 36.9 Å². The Labute approximate surface area is 102 Å². The van der Waals surface area contributed by atoms with Crippen molar-refractivity contribution >= 4 is 24.5 Å². The topological polar surface area (TPSA) is 52.3 Å². The average Bonchev–Trinajstić information content (AvgIpc) is 2.29. The van der Waals surface area contributed by atoms with Crippen molar-refractivity contribution in [1.82, 2.24) is 0 Å². The summed E-state index contributed by atoms with van der Waals surface area (Å²) in [7, 11) is 1.34. The number of benzene rings is 1. The molecule has 0 aliphatic rings. The normalized spacial score (nSPS) is 11.1. The van der Waals surface area contributed by atoms with Crippen LogP contribution in [0.25, 0.3) is 6.08 Å². The zero-order valence-electron chi connectivity index (χ0n) is 9.18. The van der Waals surface area contributed by atoms with Crippen molar-refractivity contribution in [3.63, 3.8) is 0 Å². The van der Waals surface area contributed by atoms with Gasteiger partial charge in [0.2, 0.25) is 0 Å². The van der Waals surface area contributed by atoms with Crippen LogP contribution in [0.3, 0.4) is 0 Å². The quantitative estimate of drug-likeness (QED) is 0.818. The summed E-state index contributed by atoms with van der Waals surface area (Å²) < 4.78 is 4.55. The average molecular weight is 242 g/mol. The minimum atomic E-state index is -0.593. The molecule has 1 atom stereocenters. The van der Waals surface area contributed by atoms with Crippen molar-refractivity contribution < 1.29 is 9.53 Å². The van der Waals surface area contributed by atoms with Crippen molar-refractivity contribution in [2.75, 3.05) is 7.11 Å². The Hall–Kier alpha value is -1.32. The largest absolute Gasteiger partial charge is 0.468 e. The monoisotopic (exact) mass is 241 g/mol. The molecule has 0 spiro atoms. The molecule has 0 amide bonds. The molecular weight excluding hydrogens is 226 g/mol. The van der Waals surface area contributed by atoms with Gasteiger partial charge in [0, 0.05) is 0 Å². The SMILES string of the molecule is C=Cc1ccc(C[C@@H](N)C(=O)OC)cc1.Cl. The van der Waals surface area contributed by atoms with Crippen LogP contribution in [0.4, 0.5) is 0 Å². The van der Waals surface area contributed by atoms with Gasteiger partial charge in [0.05, 0.1) is 7.11 Å². The van der Waals surface area contributed by atoms with Crippen molar-refractivity contribution in [2.24, 2.45) is 5.73 Å². The summed E-state index contributed by atoms with van der Waals surface area (Å²) in [5, 5.41) is 0. The third-order valence-corrected chi connectivity index (χ3v) is 2.17. The highest BCUT2D eigenvalue weighted by Crippen LogP contribution is 2.07. The molecular formula is C12H16ClNO2. The lowest BCUT2D eigenvalue weighted by atomic mass is 10.0. The Balaban J connectivity index is 0.00000225. The van der Waals surface area contributed by atoms with Crippen LogP contribution in [0.15, 0.2) is 30.8 Å². The van der Waals surface area contributed by atoms with Gasteiger partial charge in [0.1, 0.15) is 6.04 Å². The molecule has 1 aromatic rings. The van der Waals surface area contributed by atoms with Crippen molar-refractivity contribution in [3.8, 4) is 0 Å². The first-order valence-corrected chi connectivity index (χ1v) is 4.72. The molecule has 0 heterocycles. The smallest absolute Gasteiger partial charge is 0.322 e. The van der Waals surface area contributed by atoms with Gasteiger partial charge in [-0.25, -0.2) is 0 Å². The Morgan fingerprint density at radius 2 is 2.06 bits per heavy atom. The Bertz CT molecular complexity index is 349. The minimum absolute atomic E-state index is 0. The molecule has 2 N–H and O–H groups in total. The molecule has 16 heavy (non-hydrogen) atoms. The number of carbonyl (C=O) groups excluding carboxylic acids is 1. The first-order valence-electron chi connectivity index (χ1n) is 4.72. The van der Waals surface area contributed by atoms with E-state index in [9.17, 15) is 4.79 Å². The van der Waals surface area contributed by atoms with E-state index < -0.39 is 6.04 Å². The molecule has 88 valence electrons. The fourth-order valence-corrected chi connectivity index (χ4v) is 1.28. The first kappa shape index (κ1) is 14.7. The van der Waals surface area contributed by atoms with Crippen LogP contribution in [-0.4, -0.2) is 19.1 Å². The molecule has 0 aromatic heterocycles. The minimum Gasteiger partial charge on any atom is -0.468 e. The molecule has 1 aromatic carbocycles. The van der Waals surface area contributed by atoms with E-state index in [1.54, 1.807) is 6.08 Å². The molecule has 0 unspecified atom stereocenters. The number of ether oxygens (including phenoxy) is 1.